The number of para-hydroxylation sites is 2. The van der Waals surface area contributed by atoms with E-state index in [1.54, 1.807) is 0 Å². The van der Waals surface area contributed by atoms with Crippen molar-refractivity contribution in [1.82, 2.24) is 19.5 Å². The van der Waals surface area contributed by atoms with E-state index in [4.69, 9.17) is 23.8 Å². The maximum absolute atomic E-state index is 6.90. The molecule has 0 N–H and O–H groups in total. The molecule has 6 nitrogen and oxygen atoms in total. The summed E-state index contributed by atoms with van der Waals surface area (Å²) >= 11 is 0. The molecule has 266 valence electrons. The van der Waals surface area contributed by atoms with Crippen molar-refractivity contribution in [3.05, 3.63) is 182 Å². The third-order valence-electron chi connectivity index (χ3n) is 11.0. The Balaban J connectivity index is 1.13. The van der Waals surface area contributed by atoms with Gasteiger partial charge in [-0.1, -0.05) is 133 Å². The highest BCUT2D eigenvalue weighted by Gasteiger charge is 2.22. The molecule has 0 saturated heterocycles. The molecule has 4 aromatic heterocycles. The van der Waals surface area contributed by atoms with Gasteiger partial charge in [0.15, 0.2) is 23.1 Å². The molecule has 8 aromatic carbocycles. The monoisotopic (exact) mass is 730 g/mol. The zero-order valence-corrected chi connectivity index (χ0v) is 30.4. The van der Waals surface area contributed by atoms with Gasteiger partial charge in [0.05, 0.1) is 16.7 Å². The van der Waals surface area contributed by atoms with Crippen molar-refractivity contribution in [2.75, 3.05) is 0 Å². The second kappa shape index (κ2) is 12.3. The van der Waals surface area contributed by atoms with Gasteiger partial charge in [0, 0.05) is 55.1 Å². The smallest absolute Gasteiger partial charge is 0.164 e. The Labute approximate surface area is 325 Å². The third-order valence-corrected chi connectivity index (χ3v) is 11.0. The number of fused-ring (bicyclic) bond motifs is 10. The maximum atomic E-state index is 6.90. The van der Waals surface area contributed by atoms with Gasteiger partial charge in [-0.2, -0.15) is 0 Å². The van der Waals surface area contributed by atoms with Crippen molar-refractivity contribution in [2.24, 2.45) is 0 Å². The van der Waals surface area contributed by atoms with Gasteiger partial charge in [0.1, 0.15) is 16.7 Å². The summed E-state index contributed by atoms with van der Waals surface area (Å²) in [5.41, 5.74) is 11.1. The number of hydrogen-bond donors (Lipinski definition) is 0. The van der Waals surface area contributed by atoms with E-state index in [9.17, 15) is 0 Å². The lowest BCUT2D eigenvalue weighted by atomic mass is 9.98. The molecule has 57 heavy (non-hydrogen) atoms. The minimum absolute atomic E-state index is 0.576. The predicted octanol–water partition coefficient (Wildman–Crippen LogP) is 13.4. The Morgan fingerprint density at radius 1 is 0.368 bits per heavy atom. The van der Waals surface area contributed by atoms with Gasteiger partial charge in [-0.15, -0.1) is 0 Å². The molecule has 12 rings (SSSR count). The van der Waals surface area contributed by atoms with Crippen LogP contribution in [0.3, 0.4) is 0 Å². The van der Waals surface area contributed by atoms with Gasteiger partial charge < -0.3 is 13.4 Å². The molecule has 0 aliphatic heterocycles. The van der Waals surface area contributed by atoms with E-state index in [0.29, 0.717) is 17.5 Å². The highest BCUT2D eigenvalue weighted by molar-refractivity contribution is 6.22. The Morgan fingerprint density at radius 2 is 0.965 bits per heavy atom. The van der Waals surface area contributed by atoms with Crippen LogP contribution in [0, 0.1) is 0 Å². The summed E-state index contributed by atoms with van der Waals surface area (Å²) in [5.74, 6) is 1.79. The molecule has 0 amide bonds. The van der Waals surface area contributed by atoms with Crippen LogP contribution in [0.5, 0.6) is 0 Å². The van der Waals surface area contributed by atoms with Crippen LogP contribution in [0.25, 0.3) is 117 Å². The Morgan fingerprint density at radius 3 is 1.70 bits per heavy atom. The number of hydrogen-bond acceptors (Lipinski definition) is 5. The molecule has 0 spiro atoms. The molecule has 0 aliphatic carbocycles. The van der Waals surface area contributed by atoms with Crippen molar-refractivity contribution in [2.45, 2.75) is 0 Å². The number of rotatable bonds is 5. The van der Waals surface area contributed by atoms with Gasteiger partial charge in [0.25, 0.3) is 0 Å². The van der Waals surface area contributed by atoms with Crippen LogP contribution in [0.15, 0.2) is 191 Å². The largest absolute Gasteiger partial charge is 0.456 e. The van der Waals surface area contributed by atoms with Crippen molar-refractivity contribution < 1.29 is 8.83 Å². The lowest BCUT2D eigenvalue weighted by molar-refractivity contribution is 0.668. The topological polar surface area (TPSA) is 69.9 Å². The molecule has 0 bridgehead atoms. The SMILES string of the molecule is c1ccc(-c2cc(-c3nc(-c4ccccc4)nc(-c4ccccc4)n3)c3c(c2)oc2cc(-n4c5ccccc5c5ccc6c7ccccc7oc6c54)ccc23)cc1. The number of aromatic nitrogens is 4. The van der Waals surface area contributed by atoms with Gasteiger partial charge in [0.2, 0.25) is 0 Å². The third kappa shape index (κ3) is 4.94. The molecule has 0 unspecified atom stereocenters. The van der Waals surface area contributed by atoms with E-state index in [1.807, 2.05) is 78.9 Å². The summed E-state index contributed by atoms with van der Waals surface area (Å²) in [7, 11) is 0. The van der Waals surface area contributed by atoms with Crippen LogP contribution < -0.4 is 0 Å². The summed E-state index contributed by atoms with van der Waals surface area (Å²) < 4.78 is 15.8. The van der Waals surface area contributed by atoms with E-state index >= 15 is 0 Å². The second-order valence-electron chi connectivity index (χ2n) is 14.4. The lowest BCUT2D eigenvalue weighted by Crippen LogP contribution is -2.00. The van der Waals surface area contributed by atoms with Crippen LogP contribution in [-0.2, 0) is 0 Å². The minimum Gasteiger partial charge on any atom is -0.456 e. The van der Waals surface area contributed by atoms with E-state index < -0.39 is 0 Å². The molecule has 0 fully saturated rings. The molecular weight excluding hydrogens is 701 g/mol. The number of benzene rings is 8. The van der Waals surface area contributed by atoms with Crippen LogP contribution in [0.1, 0.15) is 0 Å². The number of furan rings is 2. The summed E-state index contributed by atoms with van der Waals surface area (Å²) in [5, 5.41) is 6.41. The van der Waals surface area contributed by atoms with E-state index in [-0.39, 0.29) is 0 Å². The quantitative estimate of drug-likeness (QED) is 0.176. The van der Waals surface area contributed by atoms with Crippen LogP contribution >= 0.6 is 0 Å². The summed E-state index contributed by atoms with van der Waals surface area (Å²) in [4.78, 5) is 15.3. The fourth-order valence-electron chi connectivity index (χ4n) is 8.44. The Kier molecular flexibility index (Phi) is 6.83. The highest BCUT2D eigenvalue weighted by Crippen LogP contribution is 2.43. The first kappa shape index (κ1) is 31.5. The molecule has 12 aromatic rings. The van der Waals surface area contributed by atoms with E-state index in [2.05, 4.69) is 108 Å². The normalized spacial score (nSPS) is 11.9. The molecule has 0 atom stereocenters. The first-order chi connectivity index (χ1) is 28.2. The van der Waals surface area contributed by atoms with Gasteiger partial charge in [-0.05, 0) is 53.6 Å². The Hall–Kier alpha value is -7.83. The molecule has 0 radical (unpaired) electrons. The lowest BCUT2D eigenvalue weighted by Gasteiger charge is -2.11. The van der Waals surface area contributed by atoms with Gasteiger partial charge in [-0.3, -0.25) is 0 Å². The number of nitrogens with zero attached hydrogens (tertiary/aromatic N) is 4. The Bertz CT molecular complexity index is 3450. The van der Waals surface area contributed by atoms with Gasteiger partial charge >= 0.3 is 0 Å². The standard InChI is InChI=1S/C51H30N4O2/c1-4-14-31(15-5-1)34-28-41(51-53-49(32-16-6-2-7-17-32)52-50(54-51)33-18-8-3-9-19-33)46-40-25-24-35(30-44(40)56-45(46)29-34)55-42-22-12-10-20-36(42)38-26-27-39-37-21-11-13-23-43(37)57-48(39)47(38)55/h1-30H. The van der Waals surface area contributed by atoms with Crippen molar-refractivity contribution >= 4 is 65.7 Å². The van der Waals surface area contributed by atoms with Gasteiger partial charge in [-0.25, -0.2) is 15.0 Å². The van der Waals surface area contributed by atoms with E-state index in [1.165, 1.54) is 0 Å². The zero-order chi connectivity index (χ0) is 37.5. The van der Waals surface area contributed by atoms with Crippen molar-refractivity contribution in [3.8, 4) is 51.0 Å². The summed E-state index contributed by atoms with van der Waals surface area (Å²) in [6.07, 6.45) is 0. The second-order valence-corrected chi connectivity index (χ2v) is 14.4. The molecule has 0 saturated carbocycles. The summed E-state index contributed by atoms with van der Waals surface area (Å²) in [6.45, 7) is 0. The first-order valence-corrected chi connectivity index (χ1v) is 19.0. The molecule has 6 heteroatoms. The fourth-order valence-corrected chi connectivity index (χ4v) is 8.44. The minimum atomic E-state index is 0.576. The molecular formula is C51H30N4O2. The molecule has 0 aliphatic rings. The summed E-state index contributed by atoms with van der Waals surface area (Å²) in [6, 6.07) is 62.5. The average Bonchev–Trinajstić information content (AvgIpc) is 3.96. The highest BCUT2D eigenvalue weighted by atomic mass is 16.3. The predicted molar refractivity (Wildman–Crippen MR) is 230 cm³/mol. The van der Waals surface area contributed by atoms with Crippen molar-refractivity contribution in [3.63, 3.8) is 0 Å². The van der Waals surface area contributed by atoms with Crippen LogP contribution in [-0.4, -0.2) is 19.5 Å². The fraction of sp³-hybridized carbons (Fsp3) is 0. The zero-order valence-electron chi connectivity index (χ0n) is 30.4. The average molecular weight is 731 g/mol. The van der Waals surface area contributed by atoms with Crippen molar-refractivity contribution in [1.29, 1.82) is 0 Å². The van der Waals surface area contributed by atoms with Crippen LogP contribution in [0.2, 0.25) is 0 Å². The van der Waals surface area contributed by atoms with Crippen LogP contribution in [0.4, 0.5) is 0 Å². The van der Waals surface area contributed by atoms with E-state index in [0.717, 1.165) is 99.2 Å². The molecule has 4 heterocycles. The first-order valence-electron chi connectivity index (χ1n) is 19.0. The maximum Gasteiger partial charge on any atom is 0.164 e.